The lowest BCUT2D eigenvalue weighted by molar-refractivity contribution is 0.0914. The summed E-state index contributed by atoms with van der Waals surface area (Å²) in [7, 11) is 0. The highest BCUT2D eigenvalue weighted by Gasteiger charge is 2.29. The van der Waals surface area contributed by atoms with E-state index in [1.807, 2.05) is 19.1 Å². The topological polar surface area (TPSA) is 74.8 Å². The summed E-state index contributed by atoms with van der Waals surface area (Å²) in [6.07, 6.45) is 2.56. The molecule has 1 aliphatic rings. The number of hydrogen-bond acceptors (Lipinski definition) is 3. The van der Waals surface area contributed by atoms with Crippen LogP contribution in [0.3, 0.4) is 0 Å². The smallest absolute Gasteiger partial charge is 0.276 e. The number of nitrogens with zero attached hydrogens (tertiary/aromatic N) is 1. The molecule has 1 aliphatic carbocycles. The van der Waals surface area contributed by atoms with Crippen molar-refractivity contribution in [3.8, 4) is 0 Å². The van der Waals surface area contributed by atoms with E-state index >= 15 is 0 Å². The van der Waals surface area contributed by atoms with Crippen LogP contribution in [0, 0.1) is 11.7 Å². The van der Waals surface area contributed by atoms with E-state index in [0.717, 1.165) is 19.3 Å². The summed E-state index contributed by atoms with van der Waals surface area (Å²) in [6, 6.07) is 12.4. The minimum absolute atomic E-state index is 0.0114. The molecule has 0 radical (unpaired) electrons. The van der Waals surface area contributed by atoms with Crippen molar-refractivity contribution in [2.24, 2.45) is 5.92 Å². The Balaban J connectivity index is 1.57. The molecule has 1 amide bonds. The molecule has 2 aromatic carbocycles. The minimum Gasteiger partial charge on any atom is -0.347 e. The van der Waals surface area contributed by atoms with Gasteiger partial charge < -0.3 is 5.32 Å². The van der Waals surface area contributed by atoms with Crippen LogP contribution in [0.2, 0.25) is 0 Å². The first-order chi connectivity index (χ1) is 13.1. The van der Waals surface area contributed by atoms with E-state index in [1.165, 1.54) is 29.3 Å². The number of aromatic amines is 1. The second-order valence-electron chi connectivity index (χ2n) is 6.99. The number of carbonyl (C=O) groups excluding carboxylic acids is 1. The minimum atomic E-state index is -0.570. The Kier molecular flexibility index (Phi) is 4.48. The Morgan fingerprint density at radius 1 is 1.22 bits per heavy atom. The lowest BCUT2D eigenvalue weighted by atomic mass is 9.94. The predicted molar refractivity (Wildman–Crippen MR) is 101 cm³/mol. The first-order valence-corrected chi connectivity index (χ1v) is 9.13. The van der Waals surface area contributed by atoms with Gasteiger partial charge in [-0.05, 0) is 48.4 Å². The van der Waals surface area contributed by atoms with Crippen molar-refractivity contribution in [3.63, 3.8) is 0 Å². The number of fused-ring (bicyclic) bond motifs is 2. The van der Waals surface area contributed by atoms with Crippen molar-refractivity contribution in [2.45, 2.75) is 32.2 Å². The van der Waals surface area contributed by atoms with Crippen molar-refractivity contribution in [3.05, 3.63) is 75.3 Å². The quantitative estimate of drug-likeness (QED) is 0.746. The lowest BCUT2D eigenvalue weighted by Gasteiger charge is -2.23. The fourth-order valence-corrected chi connectivity index (χ4v) is 3.94. The molecule has 0 spiro atoms. The van der Waals surface area contributed by atoms with Crippen LogP contribution in [0.1, 0.15) is 35.0 Å². The summed E-state index contributed by atoms with van der Waals surface area (Å²) in [5, 5.41) is 9.42. The highest BCUT2D eigenvalue weighted by Crippen LogP contribution is 2.29. The Labute approximate surface area is 155 Å². The van der Waals surface area contributed by atoms with Crippen molar-refractivity contribution in [1.82, 2.24) is 15.5 Å². The summed E-state index contributed by atoms with van der Waals surface area (Å²) in [4.78, 5) is 25.3. The molecule has 0 saturated carbocycles. The number of carbonyl (C=O) groups is 1. The number of amides is 1. The molecule has 1 unspecified atom stereocenters. The number of benzene rings is 2. The third kappa shape index (κ3) is 3.12. The van der Waals surface area contributed by atoms with Gasteiger partial charge in [0, 0.05) is 6.04 Å². The Hall–Kier alpha value is -3.02. The largest absolute Gasteiger partial charge is 0.347 e. The molecule has 0 fully saturated rings. The molecular weight excluding hydrogens is 345 g/mol. The van der Waals surface area contributed by atoms with E-state index < -0.39 is 17.2 Å². The zero-order valence-electron chi connectivity index (χ0n) is 15.0. The lowest BCUT2D eigenvalue weighted by Crippen LogP contribution is -2.42. The van der Waals surface area contributed by atoms with Gasteiger partial charge in [-0.25, -0.2) is 4.39 Å². The molecule has 4 rings (SSSR count). The van der Waals surface area contributed by atoms with Crippen molar-refractivity contribution in [1.29, 1.82) is 0 Å². The van der Waals surface area contributed by atoms with E-state index in [1.54, 1.807) is 0 Å². The number of aromatic nitrogens is 2. The SMILES string of the molecule is CCC(NC(=O)c1n[nH]c2c(F)cccc2c1=O)C1Cc2ccccc2C1. The summed E-state index contributed by atoms with van der Waals surface area (Å²) >= 11 is 0. The molecule has 138 valence electrons. The van der Waals surface area contributed by atoms with E-state index in [9.17, 15) is 14.0 Å². The van der Waals surface area contributed by atoms with Crippen molar-refractivity contribution < 1.29 is 9.18 Å². The van der Waals surface area contributed by atoms with Crippen LogP contribution in [-0.2, 0) is 12.8 Å². The van der Waals surface area contributed by atoms with Gasteiger partial charge in [0.15, 0.2) is 5.69 Å². The third-order valence-electron chi connectivity index (χ3n) is 5.38. The van der Waals surface area contributed by atoms with E-state index in [-0.39, 0.29) is 28.6 Å². The number of nitrogens with one attached hydrogen (secondary N) is 2. The van der Waals surface area contributed by atoms with Gasteiger partial charge in [-0.15, -0.1) is 0 Å². The van der Waals surface area contributed by atoms with Crippen molar-refractivity contribution >= 4 is 16.8 Å². The second-order valence-corrected chi connectivity index (χ2v) is 6.99. The molecule has 0 aliphatic heterocycles. The summed E-state index contributed by atoms with van der Waals surface area (Å²) in [5.41, 5.74) is 1.84. The fraction of sp³-hybridized carbons (Fsp3) is 0.286. The molecule has 3 aromatic rings. The normalized spacial score (nSPS) is 14.9. The monoisotopic (exact) mass is 365 g/mol. The molecule has 27 heavy (non-hydrogen) atoms. The molecule has 1 aromatic heterocycles. The Bertz CT molecular complexity index is 1050. The number of halogens is 1. The maximum absolute atomic E-state index is 13.8. The molecule has 2 N–H and O–H groups in total. The number of H-pyrrole nitrogens is 1. The highest BCUT2D eigenvalue weighted by atomic mass is 19.1. The van der Waals surface area contributed by atoms with Gasteiger partial charge in [-0.3, -0.25) is 14.7 Å². The van der Waals surface area contributed by atoms with Crippen LogP contribution >= 0.6 is 0 Å². The highest BCUT2D eigenvalue weighted by molar-refractivity contribution is 5.95. The van der Waals surface area contributed by atoms with Gasteiger partial charge in [0.1, 0.15) is 11.3 Å². The van der Waals surface area contributed by atoms with Gasteiger partial charge in [0.05, 0.1) is 5.39 Å². The predicted octanol–water partition coefficient (Wildman–Crippen LogP) is 2.99. The first-order valence-electron chi connectivity index (χ1n) is 9.13. The average Bonchev–Trinajstić information content (AvgIpc) is 3.11. The maximum Gasteiger partial charge on any atom is 0.276 e. The van der Waals surface area contributed by atoms with Crippen LogP contribution in [0.5, 0.6) is 0 Å². The zero-order chi connectivity index (χ0) is 19.0. The molecule has 6 heteroatoms. The summed E-state index contributed by atoms with van der Waals surface area (Å²) < 4.78 is 13.8. The van der Waals surface area contributed by atoms with E-state index in [4.69, 9.17) is 0 Å². The number of rotatable bonds is 4. The van der Waals surface area contributed by atoms with Gasteiger partial charge in [-0.2, -0.15) is 5.10 Å². The molecular formula is C21H20FN3O2. The van der Waals surface area contributed by atoms with Gasteiger partial charge in [-0.1, -0.05) is 37.3 Å². The van der Waals surface area contributed by atoms with E-state index in [0.29, 0.717) is 0 Å². The van der Waals surface area contributed by atoms with Gasteiger partial charge >= 0.3 is 0 Å². The Morgan fingerprint density at radius 3 is 2.59 bits per heavy atom. The standard InChI is InChI=1S/C21H20FN3O2/c1-2-17(14-10-12-6-3-4-7-13(12)11-14)23-21(27)19-20(26)15-8-5-9-16(22)18(15)24-25-19/h3-9,14,17H,2,10-11H2,1H3,(H,23,27)(H,24,26). The zero-order valence-corrected chi connectivity index (χ0v) is 15.0. The number of hydrogen-bond donors (Lipinski definition) is 2. The van der Waals surface area contributed by atoms with E-state index in [2.05, 4.69) is 27.6 Å². The first kappa shape index (κ1) is 17.4. The van der Waals surface area contributed by atoms with Crippen LogP contribution in [0.25, 0.3) is 10.9 Å². The number of para-hydroxylation sites is 1. The van der Waals surface area contributed by atoms with Crippen LogP contribution in [0.15, 0.2) is 47.3 Å². The second kappa shape index (κ2) is 6.95. The van der Waals surface area contributed by atoms with Crippen LogP contribution in [0.4, 0.5) is 4.39 Å². The van der Waals surface area contributed by atoms with Gasteiger partial charge in [0.25, 0.3) is 5.91 Å². The van der Waals surface area contributed by atoms with Crippen molar-refractivity contribution in [2.75, 3.05) is 0 Å². The molecule has 1 heterocycles. The Morgan fingerprint density at radius 2 is 1.93 bits per heavy atom. The molecule has 0 saturated heterocycles. The molecule has 0 bridgehead atoms. The third-order valence-corrected chi connectivity index (χ3v) is 5.38. The maximum atomic E-state index is 13.8. The summed E-state index contributed by atoms with van der Waals surface area (Å²) in [6.45, 7) is 2.02. The average molecular weight is 365 g/mol. The van der Waals surface area contributed by atoms with Gasteiger partial charge in [0.2, 0.25) is 5.43 Å². The van der Waals surface area contributed by atoms with Crippen LogP contribution < -0.4 is 10.7 Å². The molecule has 1 atom stereocenters. The molecule has 5 nitrogen and oxygen atoms in total. The van der Waals surface area contributed by atoms with Crippen LogP contribution in [-0.4, -0.2) is 22.1 Å². The fourth-order valence-electron chi connectivity index (χ4n) is 3.94. The summed E-state index contributed by atoms with van der Waals surface area (Å²) in [5.74, 6) is -0.808.